The molecular weight excluding hydrogens is 234 g/mol. The Morgan fingerprint density at radius 2 is 2.11 bits per heavy atom. The maximum Gasteiger partial charge on any atom is 0.0670 e. The Labute approximate surface area is 115 Å². The third-order valence-corrected chi connectivity index (χ3v) is 4.72. The predicted molar refractivity (Wildman–Crippen MR) is 77.9 cm³/mol. The first-order valence-corrected chi connectivity index (χ1v) is 7.31. The Balaban J connectivity index is 1.88. The van der Waals surface area contributed by atoms with Gasteiger partial charge in [0.1, 0.15) is 0 Å². The molecule has 0 bridgehead atoms. The Hall–Kier alpha value is -1.69. The average molecular weight is 255 g/mol. The van der Waals surface area contributed by atoms with Gasteiger partial charge in [0.15, 0.2) is 0 Å². The van der Waals surface area contributed by atoms with Crippen LogP contribution in [0.25, 0.3) is 0 Å². The molecule has 19 heavy (non-hydrogen) atoms. The van der Waals surface area contributed by atoms with Crippen LogP contribution in [0, 0.1) is 17.2 Å². The molecule has 2 fully saturated rings. The van der Waals surface area contributed by atoms with E-state index in [1.54, 1.807) is 0 Å². The Morgan fingerprint density at radius 3 is 2.95 bits per heavy atom. The Bertz CT molecular complexity index is 503. The van der Waals surface area contributed by atoms with Gasteiger partial charge in [0.25, 0.3) is 0 Å². The van der Waals surface area contributed by atoms with Crippen molar-refractivity contribution in [1.29, 1.82) is 5.26 Å². The van der Waals surface area contributed by atoms with Crippen molar-refractivity contribution >= 4 is 11.4 Å². The summed E-state index contributed by atoms with van der Waals surface area (Å²) in [7, 11) is 0. The van der Waals surface area contributed by atoms with Crippen molar-refractivity contribution in [2.24, 2.45) is 5.92 Å². The van der Waals surface area contributed by atoms with E-state index >= 15 is 0 Å². The molecule has 0 radical (unpaired) electrons. The minimum absolute atomic E-state index is 0.404. The molecule has 2 N–H and O–H groups in total. The number of anilines is 2. The number of hydrogen-bond acceptors (Lipinski definition) is 3. The highest BCUT2D eigenvalue weighted by Gasteiger charge is 2.35. The van der Waals surface area contributed by atoms with Gasteiger partial charge in [0.05, 0.1) is 12.5 Å². The quantitative estimate of drug-likeness (QED) is 0.826. The van der Waals surface area contributed by atoms with Gasteiger partial charge in [0.2, 0.25) is 0 Å². The zero-order valence-electron chi connectivity index (χ0n) is 11.3. The second-order valence-corrected chi connectivity index (χ2v) is 5.81. The summed E-state index contributed by atoms with van der Waals surface area (Å²) in [4.78, 5) is 2.56. The van der Waals surface area contributed by atoms with E-state index in [9.17, 15) is 0 Å². The Morgan fingerprint density at radius 1 is 1.26 bits per heavy atom. The normalized spacial score (nSPS) is 25.9. The van der Waals surface area contributed by atoms with Gasteiger partial charge in [-0.15, -0.1) is 0 Å². The predicted octanol–water partition coefficient (Wildman–Crippen LogP) is 3.10. The van der Waals surface area contributed by atoms with Gasteiger partial charge in [-0.3, -0.25) is 0 Å². The molecule has 1 saturated carbocycles. The Kier molecular flexibility index (Phi) is 3.33. The summed E-state index contributed by atoms with van der Waals surface area (Å²) >= 11 is 0. The smallest absolute Gasteiger partial charge is 0.0670 e. The second-order valence-electron chi connectivity index (χ2n) is 5.81. The summed E-state index contributed by atoms with van der Waals surface area (Å²) in [5.41, 5.74) is 8.92. The first kappa shape index (κ1) is 12.3. The van der Waals surface area contributed by atoms with Crippen molar-refractivity contribution in [3.63, 3.8) is 0 Å². The van der Waals surface area contributed by atoms with E-state index in [2.05, 4.69) is 23.1 Å². The van der Waals surface area contributed by atoms with E-state index in [4.69, 9.17) is 11.0 Å². The minimum Gasteiger partial charge on any atom is -0.398 e. The summed E-state index contributed by atoms with van der Waals surface area (Å²) < 4.78 is 0. The molecule has 100 valence electrons. The SMILES string of the molecule is N#CCc1cc(N2CCCC3CCCC32)ccc1N. The summed E-state index contributed by atoms with van der Waals surface area (Å²) in [5.74, 6) is 0.880. The van der Waals surface area contributed by atoms with E-state index in [1.165, 1.54) is 37.8 Å². The molecule has 1 aromatic carbocycles. The van der Waals surface area contributed by atoms with Crippen LogP contribution >= 0.6 is 0 Å². The summed E-state index contributed by atoms with van der Waals surface area (Å²) in [6.45, 7) is 1.15. The third-order valence-electron chi connectivity index (χ3n) is 4.72. The summed E-state index contributed by atoms with van der Waals surface area (Å²) in [6.07, 6.45) is 7.16. The molecule has 2 aliphatic rings. The minimum atomic E-state index is 0.404. The zero-order chi connectivity index (χ0) is 13.2. The fraction of sp³-hybridized carbons (Fsp3) is 0.562. The van der Waals surface area contributed by atoms with Crippen molar-refractivity contribution < 1.29 is 0 Å². The molecule has 3 rings (SSSR count). The molecule has 1 aliphatic carbocycles. The van der Waals surface area contributed by atoms with Crippen LogP contribution in [0.5, 0.6) is 0 Å². The molecule has 2 atom stereocenters. The van der Waals surface area contributed by atoms with Crippen LogP contribution in [0.2, 0.25) is 0 Å². The number of nitrogens with zero attached hydrogens (tertiary/aromatic N) is 2. The van der Waals surface area contributed by atoms with Gasteiger partial charge in [0, 0.05) is 24.0 Å². The lowest BCUT2D eigenvalue weighted by atomic mass is 9.91. The number of rotatable bonds is 2. The number of nitriles is 1. The lowest BCUT2D eigenvalue weighted by Crippen LogP contribution is -2.42. The maximum absolute atomic E-state index is 8.88. The maximum atomic E-state index is 8.88. The number of fused-ring (bicyclic) bond motifs is 1. The van der Waals surface area contributed by atoms with Crippen molar-refractivity contribution in [2.45, 2.75) is 44.6 Å². The van der Waals surface area contributed by atoms with Crippen LogP contribution in [0.15, 0.2) is 18.2 Å². The molecule has 1 aliphatic heterocycles. The largest absolute Gasteiger partial charge is 0.398 e. The van der Waals surface area contributed by atoms with Gasteiger partial charge in [-0.25, -0.2) is 0 Å². The molecule has 1 heterocycles. The average Bonchev–Trinajstić information content (AvgIpc) is 2.90. The van der Waals surface area contributed by atoms with Crippen LogP contribution < -0.4 is 10.6 Å². The number of nitrogen functional groups attached to an aromatic ring is 1. The third kappa shape index (κ3) is 2.28. The van der Waals surface area contributed by atoms with Crippen LogP contribution in [0.1, 0.15) is 37.7 Å². The molecule has 1 saturated heterocycles. The van der Waals surface area contributed by atoms with E-state index in [1.807, 2.05) is 6.07 Å². The highest BCUT2D eigenvalue weighted by molar-refractivity contribution is 5.60. The lowest BCUT2D eigenvalue weighted by Gasteiger charge is -2.39. The number of piperidine rings is 1. The number of hydrogen-bond donors (Lipinski definition) is 1. The first-order valence-electron chi connectivity index (χ1n) is 7.31. The molecule has 0 spiro atoms. The molecule has 1 aromatic rings. The van der Waals surface area contributed by atoms with Crippen LogP contribution in [0.4, 0.5) is 11.4 Å². The molecule has 3 nitrogen and oxygen atoms in total. The summed E-state index contributed by atoms with van der Waals surface area (Å²) in [6, 6.07) is 9.12. The second kappa shape index (κ2) is 5.13. The topological polar surface area (TPSA) is 53.0 Å². The zero-order valence-corrected chi connectivity index (χ0v) is 11.3. The molecular formula is C16H21N3. The van der Waals surface area contributed by atoms with E-state index < -0.39 is 0 Å². The molecule has 3 heteroatoms. The van der Waals surface area contributed by atoms with Crippen molar-refractivity contribution in [2.75, 3.05) is 17.2 Å². The van der Waals surface area contributed by atoms with E-state index in [0.717, 1.165) is 23.7 Å². The van der Waals surface area contributed by atoms with Crippen LogP contribution in [-0.2, 0) is 6.42 Å². The highest BCUT2D eigenvalue weighted by atomic mass is 15.2. The molecule has 0 amide bonds. The lowest BCUT2D eigenvalue weighted by molar-refractivity contribution is 0.362. The standard InChI is InChI=1S/C16H21N3/c17-9-8-13-11-14(6-7-15(13)18)19-10-2-4-12-3-1-5-16(12)19/h6-7,11-12,16H,1-5,8,10,18H2. The van der Waals surface area contributed by atoms with E-state index in [-0.39, 0.29) is 0 Å². The van der Waals surface area contributed by atoms with Gasteiger partial charge < -0.3 is 10.6 Å². The van der Waals surface area contributed by atoms with Crippen LogP contribution in [-0.4, -0.2) is 12.6 Å². The monoisotopic (exact) mass is 255 g/mol. The molecule has 2 unspecified atom stereocenters. The van der Waals surface area contributed by atoms with Gasteiger partial charge in [-0.05, 0) is 55.4 Å². The summed E-state index contributed by atoms with van der Waals surface area (Å²) in [5, 5.41) is 8.88. The number of nitrogens with two attached hydrogens (primary N) is 1. The first-order chi connectivity index (χ1) is 9.29. The van der Waals surface area contributed by atoms with Gasteiger partial charge in [-0.2, -0.15) is 5.26 Å². The van der Waals surface area contributed by atoms with Crippen molar-refractivity contribution in [3.8, 4) is 6.07 Å². The van der Waals surface area contributed by atoms with Crippen LogP contribution in [0.3, 0.4) is 0 Å². The highest BCUT2D eigenvalue weighted by Crippen LogP contribution is 2.39. The van der Waals surface area contributed by atoms with Crippen molar-refractivity contribution in [1.82, 2.24) is 0 Å². The van der Waals surface area contributed by atoms with E-state index in [0.29, 0.717) is 12.5 Å². The fourth-order valence-electron chi connectivity index (χ4n) is 3.78. The van der Waals surface area contributed by atoms with Gasteiger partial charge >= 0.3 is 0 Å². The molecule has 0 aromatic heterocycles. The number of benzene rings is 1. The fourth-order valence-corrected chi connectivity index (χ4v) is 3.78. The van der Waals surface area contributed by atoms with Gasteiger partial charge in [-0.1, -0.05) is 6.42 Å². The van der Waals surface area contributed by atoms with Crippen molar-refractivity contribution in [3.05, 3.63) is 23.8 Å².